The molecule has 2 unspecified atom stereocenters. The maximum Gasteiger partial charge on any atom is 0.160 e. The molecule has 130 valence electrons. The van der Waals surface area contributed by atoms with Gasteiger partial charge < -0.3 is 14.4 Å². The number of hydrogen-bond acceptors (Lipinski definition) is 5. The van der Waals surface area contributed by atoms with Gasteiger partial charge >= 0.3 is 0 Å². The lowest BCUT2D eigenvalue weighted by molar-refractivity contribution is -0.0366. The summed E-state index contributed by atoms with van der Waals surface area (Å²) in [5, 5.41) is 6.43. The van der Waals surface area contributed by atoms with Crippen LogP contribution < -0.4 is 4.90 Å². The van der Waals surface area contributed by atoms with E-state index in [1.54, 1.807) is 7.11 Å². The third-order valence-electron chi connectivity index (χ3n) is 4.98. The third-order valence-corrected chi connectivity index (χ3v) is 5.19. The van der Waals surface area contributed by atoms with E-state index < -0.39 is 0 Å². The average Bonchev–Trinajstić information content (AvgIpc) is 3.01. The number of anilines is 1. The zero-order chi connectivity index (χ0) is 16.5. The summed E-state index contributed by atoms with van der Waals surface area (Å²) in [6.45, 7) is 2.63. The van der Waals surface area contributed by atoms with Gasteiger partial charge in [-0.25, -0.2) is 9.67 Å². The van der Waals surface area contributed by atoms with Crippen LogP contribution in [-0.2, 0) is 9.47 Å². The molecule has 4 heterocycles. The molecule has 0 bridgehead atoms. The minimum atomic E-state index is -0.0171. The van der Waals surface area contributed by atoms with Crippen LogP contribution in [0.15, 0.2) is 12.3 Å². The molecule has 0 aromatic carbocycles. The summed E-state index contributed by atoms with van der Waals surface area (Å²) in [4.78, 5) is 6.57. The van der Waals surface area contributed by atoms with Crippen LogP contribution in [0.25, 0.3) is 10.9 Å². The Balaban J connectivity index is 1.75. The normalized spacial score (nSPS) is 25.3. The molecule has 24 heavy (non-hydrogen) atoms. The first-order chi connectivity index (χ1) is 11.8. The molecule has 2 atom stereocenters. The zero-order valence-corrected chi connectivity index (χ0v) is 14.7. The molecule has 0 radical (unpaired) electrons. The van der Waals surface area contributed by atoms with E-state index in [9.17, 15) is 0 Å². The van der Waals surface area contributed by atoms with Gasteiger partial charge in [0.15, 0.2) is 12.0 Å². The fourth-order valence-electron chi connectivity index (χ4n) is 3.68. The van der Waals surface area contributed by atoms with Gasteiger partial charge in [-0.3, -0.25) is 0 Å². The summed E-state index contributed by atoms with van der Waals surface area (Å²) in [6.07, 6.45) is 7.53. The fourth-order valence-corrected chi connectivity index (χ4v) is 3.84. The van der Waals surface area contributed by atoms with Gasteiger partial charge in [0.05, 0.1) is 17.0 Å². The van der Waals surface area contributed by atoms with E-state index in [1.165, 1.54) is 0 Å². The number of piperidine rings is 1. The zero-order valence-electron chi connectivity index (χ0n) is 13.9. The predicted molar refractivity (Wildman–Crippen MR) is 93.6 cm³/mol. The lowest BCUT2D eigenvalue weighted by Gasteiger charge is -2.32. The molecule has 2 aromatic heterocycles. The minimum Gasteiger partial charge on any atom is -0.380 e. The van der Waals surface area contributed by atoms with Crippen molar-refractivity contribution in [3.63, 3.8) is 0 Å². The van der Waals surface area contributed by atoms with Gasteiger partial charge in [0, 0.05) is 39.1 Å². The second kappa shape index (κ2) is 6.86. The highest BCUT2D eigenvalue weighted by atomic mass is 35.5. The number of rotatable bonds is 3. The molecule has 2 aromatic rings. The number of nitrogens with zero attached hydrogens (tertiary/aromatic N) is 4. The second-order valence-electron chi connectivity index (χ2n) is 6.56. The molecular formula is C17H23ClN4O2. The first-order valence-corrected chi connectivity index (χ1v) is 9.07. The molecular weight excluding hydrogens is 328 g/mol. The SMILES string of the molecule is COC1CCCN(c2nn(C3CCCCO3)c3cc(Cl)ncc23)C1. The Kier molecular flexibility index (Phi) is 4.61. The standard InChI is InChI=1S/C17H23ClN4O2/c1-23-12-5-4-7-21(11-12)17-13-10-19-15(18)9-14(13)22(20-17)16-6-2-3-8-24-16/h9-10,12,16H,2-8,11H2,1H3. The average molecular weight is 351 g/mol. The van der Waals surface area contributed by atoms with Crippen LogP contribution in [0, 0.1) is 0 Å². The van der Waals surface area contributed by atoms with Crippen LogP contribution in [0.3, 0.4) is 0 Å². The molecule has 0 aliphatic carbocycles. The highest BCUT2D eigenvalue weighted by molar-refractivity contribution is 6.30. The summed E-state index contributed by atoms with van der Waals surface area (Å²) >= 11 is 6.14. The lowest BCUT2D eigenvalue weighted by atomic mass is 10.1. The number of pyridine rings is 1. The monoisotopic (exact) mass is 350 g/mol. The minimum absolute atomic E-state index is 0.0171. The number of halogens is 1. The van der Waals surface area contributed by atoms with Crippen LogP contribution in [0.1, 0.15) is 38.3 Å². The largest absolute Gasteiger partial charge is 0.380 e. The Bertz CT molecular complexity index is 714. The Hall–Kier alpha value is -1.37. The predicted octanol–water partition coefficient (Wildman–Crippen LogP) is 3.40. The Morgan fingerprint density at radius 2 is 2.21 bits per heavy atom. The van der Waals surface area contributed by atoms with Crippen molar-refractivity contribution in [3.8, 4) is 0 Å². The van der Waals surface area contributed by atoms with Crippen molar-refractivity contribution >= 4 is 28.3 Å². The molecule has 2 aliphatic heterocycles. The molecule has 2 saturated heterocycles. The molecule has 4 rings (SSSR count). The van der Waals surface area contributed by atoms with E-state index in [0.29, 0.717) is 5.15 Å². The summed E-state index contributed by atoms with van der Waals surface area (Å²) in [6, 6.07) is 1.89. The van der Waals surface area contributed by atoms with E-state index in [-0.39, 0.29) is 12.3 Å². The Morgan fingerprint density at radius 3 is 3.00 bits per heavy atom. The highest BCUT2D eigenvalue weighted by Crippen LogP contribution is 2.33. The van der Waals surface area contributed by atoms with E-state index in [2.05, 4.69) is 9.88 Å². The van der Waals surface area contributed by atoms with Crippen molar-refractivity contribution in [1.29, 1.82) is 0 Å². The number of ether oxygens (including phenoxy) is 2. The Labute approximate surface area is 146 Å². The highest BCUT2D eigenvalue weighted by Gasteiger charge is 2.27. The smallest absolute Gasteiger partial charge is 0.160 e. The molecule has 7 heteroatoms. The van der Waals surface area contributed by atoms with E-state index in [4.69, 9.17) is 26.2 Å². The van der Waals surface area contributed by atoms with Gasteiger partial charge in [-0.05, 0) is 32.1 Å². The molecule has 0 amide bonds. The second-order valence-corrected chi connectivity index (χ2v) is 6.95. The molecule has 0 spiro atoms. The van der Waals surface area contributed by atoms with Crippen molar-refractivity contribution in [2.75, 3.05) is 31.7 Å². The molecule has 0 saturated carbocycles. The maximum atomic E-state index is 6.14. The van der Waals surface area contributed by atoms with Crippen molar-refractivity contribution < 1.29 is 9.47 Å². The molecule has 0 N–H and O–H groups in total. The Morgan fingerprint density at radius 1 is 1.29 bits per heavy atom. The van der Waals surface area contributed by atoms with E-state index >= 15 is 0 Å². The topological polar surface area (TPSA) is 52.4 Å². The maximum absolute atomic E-state index is 6.14. The summed E-state index contributed by atoms with van der Waals surface area (Å²) in [5.41, 5.74) is 0.997. The van der Waals surface area contributed by atoms with E-state index in [1.807, 2.05) is 16.9 Å². The van der Waals surface area contributed by atoms with Crippen molar-refractivity contribution in [2.24, 2.45) is 0 Å². The summed E-state index contributed by atoms with van der Waals surface area (Å²) in [5.74, 6) is 0.963. The third kappa shape index (κ3) is 2.98. The quantitative estimate of drug-likeness (QED) is 0.794. The van der Waals surface area contributed by atoms with Gasteiger partial charge in [0.1, 0.15) is 5.15 Å². The van der Waals surface area contributed by atoms with Crippen molar-refractivity contribution in [3.05, 3.63) is 17.4 Å². The number of aromatic nitrogens is 3. The number of fused-ring (bicyclic) bond motifs is 1. The number of hydrogen-bond donors (Lipinski definition) is 0. The van der Waals surface area contributed by atoms with Gasteiger partial charge in [-0.2, -0.15) is 5.10 Å². The first-order valence-electron chi connectivity index (χ1n) is 8.69. The van der Waals surface area contributed by atoms with Crippen molar-refractivity contribution in [1.82, 2.24) is 14.8 Å². The number of methoxy groups -OCH3 is 1. The van der Waals surface area contributed by atoms with Crippen molar-refractivity contribution in [2.45, 2.75) is 44.4 Å². The van der Waals surface area contributed by atoms with E-state index in [0.717, 1.165) is 68.5 Å². The summed E-state index contributed by atoms with van der Waals surface area (Å²) < 4.78 is 13.5. The molecule has 6 nitrogen and oxygen atoms in total. The molecule has 2 aliphatic rings. The first kappa shape index (κ1) is 16.1. The van der Waals surface area contributed by atoms with Crippen LogP contribution in [0.4, 0.5) is 5.82 Å². The van der Waals surface area contributed by atoms with Crippen LogP contribution in [0.5, 0.6) is 0 Å². The molecule has 2 fully saturated rings. The van der Waals surface area contributed by atoms with Crippen LogP contribution in [0.2, 0.25) is 5.15 Å². The fraction of sp³-hybridized carbons (Fsp3) is 0.647. The van der Waals surface area contributed by atoms with Gasteiger partial charge in [0.2, 0.25) is 0 Å². The van der Waals surface area contributed by atoms with Crippen LogP contribution >= 0.6 is 11.6 Å². The lowest BCUT2D eigenvalue weighted by Crippen LogP contribution is -2.39. The van der Waals surface area contributed by atoms with Gasteiger partial charge in [0.25, 0.3) is 0 Å². The van der Waals surface area contributed by atoms with Gasteiger partial charge in [-0.1, -0.05) is 11.6 Å². The summed E-state index contributed by atoms with van der Waals surface area (Å²) in [7, 11) is 1.78. The van der Waals surface area contributed by atoms with Crippen LogP contribution in [-0.4, -0.2) is 47.7 Å². The van der Waals surface area contributed by atoms with Gasteiger partial charge in [-0.15, -0.1) is 0 Å².